The molecular weight excluding hydrogens is 231 g/mol. The molecule has 0 saturated heterocycles. The summed E-state index contributed by atoms with van der Waals surface area (Å²) < 4.78 is 34.9. The molecule has 0 saturated carbocycles. The molecule has 0 amide bonds. The molecule has 0 aromatic heterocycles. The van der Waals surface area contributed by atoms with Crippen molar-refractivity contribution < 1.29 is 17.6 Å². The second kappa shape index (κ2) is 5.21. The van der Waals surface area contributed by atoms with Crippen molar-refractivity contribution in [3.8, 4) is 0 Å². The molecule has 0 N–H and O–H groups in total. The van der Waals surface area contributed by atoms with E-state index in [1.807, 2.05) is 0 Å². The molecule has 3 nitrogen and oxygen atoms in total. The van der Waals surface area contributed by atoms with E-state index in [0.29, 0.717) is 5.56 Å². The second-order valence-electron chi connectivity index (χ2n) is 3.52. The van der Waals surface area contributed by atoms with Crippen molar-refractivity contribution >= 4 is 15.6 Å². The van der Waals surface area contributed by atoms with Crippen molar-refractivity contribution in [1.29, 1.82) is 0 Å². The first-order chi connectivity index (χ1) is 7.43. The highest BCUT2D eigenvalue weighted by atomic mass is 32.2. The number of halogens is 1. The molecule has 16 heavy (non-hydrogen) atoms. The Bertz CT molecular complexity index is 463. The van der Waals surface area contributed by atoms with E-state index in [1.54, 1.807) is 0 Å². The van der Waals surface area contributed by atoms with E-state index >= 15 is 0 Å². The van der Waals surface area contributed by atoms with Gasteiger partial charge in [0.25, 0.3) is 0 Å². The van der Waals surface area contributed by atoms with E-state index in [0.717, 1.165) is 0 Å². The summed E-state index contributed by atoms with van der Waals surface area (Å²) in [5.74, 6) is -1.23. The SMILES string of the molecule is CCS(=O)(=O)CC(=O)Cc1ccc(F)cc1. The summed E-state index contributed by atoms with van der Waals surface area (Å²) in [5.41, 5.74) is 0.623. The van der Waals surface area contributed by atoms with Crippen LogP contribution in [0, 0.1) is 5.82 Å². The summed E-state index contributed by atoms with van der Waals surface area (Å²) in [6.45, 7) is 1.50. The van der Waals surface area contributed by atoms with Gasteiger partial charge in [0.15, 0.2) is 15.6 Å². The maximum atomic E-state index is 12.6. The van der Waals surface area contributed by atoms with Gasteiger partial charge in [0, 0.05) is 12.2 Å². The Kier molecular flexibility index (Phi) is 4.18. The fourth-order valence-corrected chi connectivity index (χ4v) is 2.03. The molecule has 0 atom stereocenters. The lowest BCUT2D eigenvalue weighted by atomic mass is 10.1. The molecule has 0 bridgehead atoms. The minimum absolute atomic E-state index is 0.0273. The zero-order valence-corrected chi connectivity index (χ0v) is 9.76. The van der Waals surface area contributed by atoms with E-state index in [4.69, 9.17) is 0 Å². The predicted octanol–water partition coefficient (Wildman–Crippen LogP) is 1.37. The molecule has 0 fully saturated rings. The highest BCUT2D eigenvalue weighted by molar-refractivity contribution is 7.92. The molecule has 0 radical (unpaired) electrons. The Morgan fingerprint density at radius 2 is 1.81 bits per heavy atom. The van der Waals surface area contributed by atoms with Crippen LogP contribution >= 0.6 is 0 Å². The molecule has 5 heteroatoms. The number of carbonyl (C=O) groups excluding carboxylic acids is 1. The molecule has 1 rings (SSSR count). The quantitative estimate of drug-likeness (QED) is 0.786. The summed E-state index contributed by atoms with van der Waals surface area (Å²) in [5, 5.41) is 0. The summed E-state index contributed by atoms with van der Waals surface area (Å²) >= 11 is 0. The van der Waals surface area contributed by atoms with Crippen molar-refractivity contribution in [2.75, 3.05) is 11.5 Å². The maximum Gasteiger partial charge on any atom is 0.157 e. The zero-order valence-electron chi connectivity index (χ0n) is 8.94. The molecule has 88 valence electrons. The Morgan fingerprint density at radius 3 is 2.31 bits per heavy atom. The first-order valence-corrected chi connectivity index (χ1v) is 6.71. The third kappa shape index (κ3) is 4.10. The van der Waals surface area contributed by atoms with E-state index in [9.17, 15) is 17.6 Å². The monoisotopic (exact) mass is 244 g/mol. The topological polar surface area (TPSA) is 51.2 Å². The maximum absolute atomic E-state index is 12.6. The van der Waals surface area contributed by atoms with E-state index in [1.165, 1.54) is 31.2 Å². The average Bonchev–Trinajstić information content (AvgIpc) is 2.21. The average molecular weight is 244 g/mol. The van der Waals surface area contributed by atoms with Gasteiger partial charge in [-0.2, -0.15) is 0 Å². The van der Waals surface area contributed by atoms with Crippen LogP contribution in [0.3, 0.4) is 0 Å². The lowest BCUT2D eigenvalue weighted by Gasteiger charge is -2.01. The highest BCUT2D eigenvalue weighted by Crippen LogP contribution is 2.05. The fourth-order valence-electron chi connectivity index (χ4n) is 1.23. The molecule has 0 spiro atoms. The highest BCUT2D eigenvalue weighted by Gasteiger charge is 2.14. The van der Waals surface area contributed by atoms with Gasteiger partial charge in [-0.15, -0.1) is 0 Å². The predicted molar refractivity (Wildman–Crippen MR) is 59.4 cm³/mol. The Morgan fingerprint density at radius 1 is 1.25 bits per heavy atom. The standard InChI is InChI=1S/C11H13FO3S/c1-2-16(14,15)8-11(13)7-9-3-5-10(12)6-4-9/h3-6H,2,7-8H2,1H3. The van der Waals surface area contributed by atoms with Crippen molar-refractivity contribution in [3.05, 3.63) is 35.6 Å². The molecule has 0 unspecified atom stereocenters. The first-order valence-electron chi connectivity index (χ1n) is 4.89. The Labute approximate surface area is 94.2 Å². The number of benzene rings is 1. The Balaban J connectivity index is 2.62. The minimum atomic E-state index is -3.27. The van der Waals surface area contributed by atoms with Gasteiger partial charge in [-0.05, 0) is 17.7 Å². The number of hydrogen-bond acceptors (Lipinski definition) is 3. The smallest absolute Gasteiger partial charge is 0.157 e. The van der Waals surface area contributed by atoms with Crippen LogP contribution in [0.25, 0.3) is 0 Å². The van der Waals surface area contributed by atoms with Crippen LogP contribution in [0.5, 0.6) is 0 Å². The first kappa shape index (κ1) is 12.8. The lowest BCUT2D eigenvalue weighted by Crippen LogP contribution is -2.19. The van der Waals surface area contributed by atoms with Gasteiger partial charge in [-0.1, -0.05) is 19.1 Å². The normalized spacial score (nSPS) is 11.4. The third-order valence-electron chi connectivity index (χ3n) is 2.14. The minimum Gasteiger partial charge on any atom is -0.298 e. The van der Waals surface area contributed by atoms with Crippen LogP contribution in [-0.2, 0) is 21.1 Å². The van der Waals surface area contributed by atoms with Crippen LogP contribution in [-0.4, -0.2) is 25.7 Å². The van der Waals surface area contributed by atoms with Gasteiger partial charge >= 0.3 is 0 Å². The summed E-state index contributed by atoms with van der Waals surface area (Å²) in [4.78, 5) is 11.4. The van der Waals surface area contributed by atoms with E-state index in [2.05, 4.69) is 0 Å². The molecule has 0 aliphatic heterocycles. The summed E-state index contributed by atoms with van der Waals surface area (Å²) in [7, 11) is -3.27. The van der Waals surface area contributed by atoms with Crippen molar-refractivity contribution in [2.45, 2.75) is 13.3 Å². The number of Topliss-reactive ketones (excluding diaryl/α,β-unsaturated/α-hetero) is 1. The van der Waals surface area contributed by atoms with Gasteiger partial charge in [-0.3, -0.25) is 4.79 Å². The molecule has 0 aliphatic carbocycles. The Hall–Kier alpha value is -1.23. The third-order valence-corrected chi connectivity index (χ3v) is 3.78. The van der Waals surface area contributed by atoms with E-state index < -0.39 is 15.6 Å². The lowest BCUT2D eigenvalue weighted by molar-refractivity contribution is -0.116. The number of carbonyl (C=O) groups is 1. The number of rotatable bonds is 5. The zero-order chi connectivity index (χ0) is 12.2. The van der Waals surface area contributed by atoms with Gasteiger partial charge in [0.05, 0.1) is 0 Å². The van der Waals surface area contributed by atoms with Crippen LogP contribution in [0.2, 0.25) is 0 Å². The van der Waals surface area contributed by atoms with Gasteiger partial charge in [-0.25, -0.2) is 12.8 Å². The van der Waals surface area contributed by atoms with Crippen molar-refractivity contribution in [1.82, 2.24) is 0 Å². The summed E-state index contributed by atoms with van der Waals surface area (Å²) in [6.07, 6.45) is 0.0273. The second-order valence-corrected chi connectivity index (χ2v) is 5.87. The van der Waals surface area contributed by atoms with Gasteiger partial charge in [0.2, 0.25) is 0 Å². The van der Waals surface area contributed by atoms with Crippen LogP contribution in [0.4, 0.5) is 4.39 Å². The largest absolute Gasteiger partial charge is 0.298 e. The van der Waals surface area contributed by atoms with Gasteiger partial charge in [0.1, 0.15) is 11.6 Å². The van der Waals surface area contributed by atoms with Crippen molar-refractivity contribution in [3.63, 3.8) is 0 Å². The molecular formula is C11H13FO3S. The van der Waals surface area contributed by atoms with Gasteiger partial charge < -0.3 is 0 Å². The fraction of sp³-hybridized carbons (Fsp3) is 0.364. The number of sulfone groups is 1. The molecule has 1 aromatic rings. The van der Waals surface area contributed by atoms with Crippen molar-refractivity contribution in [2.24, 2.45) is 0 Å². The molecule has 0 aliphatic rings. The molecule has 1 aromatic carbocycles. The number of hydrogen-bond donors (Lipinski definition) is 0. The summed E-state index contributed by atoms with van der Waals surface area (Å²) in [6, 6.07) is 5.45. The van der Waals surface area contributed by atoms with E-state index in [-0.39, 0.29) is 23.8 Å². The van der Waals surface area contributed by atoms with Crippen LogP contribution < -0.4 is 0 Å². The molecule has 0 heterocycles. The van der Waals surface area contributed by atoms with Crippen LogP contribution in [0.1, 0.15) is 12.5 Å². The number of ketones is 1. The van der Waals surface area contributed by atoms with Crippen LogP contribution in [0.15, 0.2) is 24.3 Å².